The summed E-state index contributed by atoms with van der Waals surface area (Å²) in [7, 11) is 0. The minimum Gasteiger partial charge on any atom is -0.396 e. The largest absolute Gasteiger partial charge is 0.396 e. The van der Waals surface area contributed by atoms with Gasteiger partial charge in [0.25, 0.3) is 0 Å². The third-order valence-electron chi connectivity index (χ3n) is 3.51. The summed E-state index contributed by atoms with van der Waals surface area (Å²) in [5.74, 6) is 1.10. The predicted molar refractivity (Wildman–Crippen MR) is 61.2 cm³/mol. The first kappa shape index (κ1) is 10.5. The van der Waals surface area contributed by atoms with Crippen molar-refractivity contribution in [3.05, 3.63) is 29.6 Å². The number of benzene rings is 1. The molecule has 0 bridgehead atoms. The molecule has 82 valence electrons. The lowest BCUT2D eigenvalue weighted by Crippen LogP contribution is -2.11. The first-order chi connectivity index (χ1) is 7.16. The lowest BCUT2D eigenvalue weighted by molar-refractivity contribution is 0.347. The van der Waals surface area contributed by atoms with Crippen LogP contribution in [-0.2, 0) is 0 Å². The minimum absolute atomic E-state index is 0.253. The number of anilines is 1. The van der Waals surface area contributed by atoms with Gasteiger partial charge in [0.15, 0.2) is 0 Å². The average molecular weight is 207 g/mol. The minimum atomic E-state index is -0.272. The van der Waals surface area contributed by atoms with Crippen molar-refractivity contribution < 1.29 is 4.39 Å². The molecular formula is C13H18FN. The summed E-state index contributed by atoms with van der Waals surface area (Å²) in [5, 5.41) is 0. The van der Waals surface area contributed by atoms with Crippen LogP contribution in [0.5, 0.6) is 0 Å². The molecule has 1 aliphatic carbocycles. The van der Waals surface area contributed by atoms with Gasteiger partial charge in [-0.05, 0) is 42.4 Å². The zero-order valence-electron chi connectivity index (χ0n) is 9.17. The Balaban J connectivity index is 2.12. The van der Waals surface area contributed by atoms with Crippen LogP contribution in [0.4, 0.5) is 10.1 Å². The topological polar surface area (TPSA) is 26.0 Å². The fraction of sp³-hybridized carbons (Fsp3) is 0.538. The molecule has 2 N–H and O–H groups in total. The van der Waals surface area contributed by atoms with Gasteiger partial charge in [0.05, 0.1) is 5.69 Å². The van der Waals surface area contributed by atoms with Gasteiger partial charge in [-0.25, -0.2) is 4.39 Å². The Morgan fingerprint density at radius 2 is 1.87 bits per heavy atom. The maximum atomic E-state index is 13.3. The van der Waals surface area contributed by atoms with Crippen LogP contribution < -0.4 is 5.73 Å². The van der Waals surface area contributed by atoms with E-state index >= 15 is 0 Å². The highest BCUT2D eigenvalue weighted by atomic mass is 19.1. The smallest absolute Gasteiger partial charge is 0.146 e. The first-order valence-corrected chi connectivity index (χ1v) is 5.71. The zero-order chi connectivity index (χ0) is 10.8. The quantitative estimate of drug-likeness (QED) is 0.698. The molecule has 0 atom stereocenters. The monoisotopic (exact) mass is 207 g/mol. The SMILES string of the molecule is CC1CCC(c2ccc(N)c(F)c2)CC1. The van der Waals surface area contributed by atoms with E-state index in [1.807, 2.05) is 6.07 Å². The van der Waals surface area contributed by atoms with Gasteiger partial charge in [-0.15, -0.1) is 0 Å². The molecule has 0 spiro atoms. The van der Waals surface area contributed by atoms with E-state index in [4.69, 9.17) is 5.73 Å². The summed E-state index contributed by atoms with van der Waals surface area (Å²) >= 11 is 0. The highest BCUT2D eigenvalue weighted by Gasteiger charge is 2.20. The van der Waals surface area contributed by atoms with Gasteiger partial charge in [0.2, 0.25) is 0 Å². The van der Waals surface area contributed by atoms with Crippen molar-refractivity contribution in [3.63, 3.8) is 0 Å². The Morgan fingerprint density at radius 3 is 2.47 bits per heavy atom. The summed E-state index contributed by atoms with van der Waals surface area (Å²) in [5.41, 5.74) is 6.84. The molecule has 0 aromatic heterocycles. The molecule has 15 heavy (non-hydrogen) atoms. The van der Waals surface area contributed by atoms with Crippen LogP contribution in [0.2, 0.25) is 0 Å². The maximum Gasteiger partial charge on any atom is 0.146 e. The highest BCUT2D eigenvalue weighted by Crippen LogP contribution is 2.36. The predicted octanol–water partition coefficient (Wildman–Crippen LogP) is 3.70. The van der Waals surface area contributed by atoms with E-state index in [9.17, 15) is 4.39 Å². The normalized spacial score (nSPS) is 26.5. The van der Waals surface area contributed by atoms with Gasteiger partial charge < -0.3 is 5.73 Å². The van der Waals surface area contributed by atoms with Crippen molar-refractivity contribution in [2.24, 2.45) is 5.92 Å². The number of nitrogen functional groups attached to an aromatic ring is 1. The molecule has 1 nitrogen and oxygen atoms in total. The molecule has 1 aliphatic rings. The molecule has 0 heterocycles. The third kappa shape index (κ3) is 2.31. The van der Waals surface area contributed by atoms with E-state index in [1.54, 1.807) is 12.1 Å². The first-order valence-electron chi connectivity index (χ1n) is 5.71. The van der Waals surface area contributed by atoms with E-state index in [0.717, 1.165) is 11.5 Å². The van der Waals surface area contributed by atoms with Crippen LogP contribution in [0.25, 0.3) is 0 Å². The molecule has 0 aliphatic heterocycles. The maximum absolute atomic E-state index is 13.3. The Labute approximate surface area is 90.5 Å². The second kappa shape index (κ2) is 4.21. The standard InChI is InChI=1S/C13H18FN/c1-9-2-4-10(5-3-9)11-6-7-13(15)12(14)8-11/h6-10H,2-5,15H2,1H3. The molecule has 0 saturated heterocycles. The Kier molecular flexibility index (Phi) is 2.94. The average Bonchev–Trinajstić information content (AvgIpc) is 2.23. The summed E-state index contributed by atoms with van der Waals surface area (Å²) in [4.78, 5) is 0. The van der Waals surface area contributed by atoms with E-state index in [0.29, 0.717) is 5.92 Å². The summed E-state index contributed by atoms with van der Waals surface area (Å²) in [6.45, 7) is 2.29. The van der Waals surface area contributed by atoms with Gasteiger partial charge in [0, 0.05) is 0 Å². The molecule has 1 saturated carbocycles. The third-order valence-corrected chi connectivity index (χ3v) is 3.51. The zero-order valence-corrected chi connectivity index (χ0v) is 9.17. The molecule has 1 fully saturated rings. The van der Waals surface area contributed by atoms with E-state index in [1.165, 1.54) is 25.7 Å². The van der Waals surface area contributed by atoms with Gasteiger partial charge >= 0.3 is 0 Å². The van der Waals surface area contributed by atoms with E-state index < -0.39 is 0 Å². The molecule has 2 rings (SSSR count). The fourth-order valence-electron chi connectivity index (χ4n) is 2.39. The Hall–Kier alpha value is -1.05. The van der Waals surface area contributed by atoms with Crippen LogP contribution >= 0.6 is 0 Å². The van der Waals surface area contributed by atoms with Gasteiger partial charge in [0.1, 0.15) is 5.82 Å². The molecule has 1 aromatic rings. The fourth-order valence-corrected chi connectivity index (χ4v) is 2.39. The van der Waals surface area contributed by atoms with Crippen molar-refractivity contribution >= 4 is 5.69 Å². The van der Waals surface area contributed by atoms with Crippen LogP contribution in [0.15, 0.2) is 18.2 Å². The molecule has 0 unspecified atom stereocenters. The van der Waals surface area contributed by atoms with E-state index in [-0.39, 0.29) is 11.5 Å². The van der Waals surface area contributed by atoms with Crippen molar-refractivity contribution in [3.8, 4) is 0 Å². The summed E-state index contributed by atoms with van der Waals surface area (Å²) in [6.07, 6.45) is 4.89. The molecule has 0 radical (unpaired) electrons. The highest BCUT2D eigenvalue weighted by molar-refractivity contribution is 5.42. The van der Waals surface area contributed by atoms with E-state index in [2.05, 4.69) is 6.92 Å². The lowest BCUT2D eigenvalue weighted by atomic mass is 9.79. The molecular weight excluding hydrogens is 189 g/mol. The number of hydrogen-bond acceptors (Lipinski definition) is 1. The number of rotatable bonds is 1. The second-order valence-electron chi connectivity index (χ2n) is 4.74. The van der Waals surface area contributed by atoms with Crippen LogP contribution in [0, 0.1) is 11.7 Å². The Morgan fingerprint density at radius 1 is 1.20 bits per heavy atom. The lowest BCUT2D eigenvalue weighted by Gasteiger charge is -2.26. The van der Waals surface area contributed by atoms with Gasteiger partial charge in [-0.1, -0.05) is 25.8 Å². The Bertz CT molecular complexity index is 340. The van der Waals surface area contributed by atoms with Gasteiger partial charge in [-0.2, -0.15) is 0 Å². The van der Waals surface area contributed by atoms with Crippen LogP contribution in [0.1, 0.15) is 44.1 Å². The summed E-state index contributed by atoms with van der Waals surface area (Å²) < 4.78 is 13.3. The van der Waals surface area contributed by atoms with Crippen molar-refractivity contribution in [2.75, 3.05) is 5.73 Å². The van der Waals surface area contributed by atoms with Crippen molar-refractivity contribution in [1.82, 2.24) is 0 Å². The number of hydrogen-bond donors (Lipinski definition) is 1. The van der Waals surface area contributed by atoms with Crippen LogP contribution in [-0.4, -0.2) is 0 Å². The van der Waals surface area contributed by atoms with Gasteiger partial charge in [-0.3, -0.25) is 0 Å². The number of nitrogens with two attached hydrogens (primary N) is 1. The molecule has 0 amide bonds. The van der Waals surface area contributed by atoms with Crippen molar-refractivity contribution in [2.45, 2.75) is 38.5 Å². The second-order valence-corrected chi connectivity index (χ2v) is 4.74. The summed E-state index contributed by atoms with van der Waals surface area (Å²) in [6, 6.07) is 5.26. The molecule has 2 heteroatoms. The van der Waals surface area contributed by atoms with Crippen molar-refractivity contribution in [1.29, 1.82) is 0 Å². The van der Waals surface area contributed by atoms with Crippen LogP contribution in [0.3, 0.4) is 0 Å². The molecule has 1 aromatic carbocycles. The number of halogens is 1.